The molecular formula is C28H28ClF4N3O4S. The summed E-state index contributed by atoms with van der Waals surface area (Å²) in [7, 11) is -3.22. The van der Waals surface area contributed by atoms with Gasteiger partial charge in [-0.1, -0.05) is 48.4 Å². The Morgan fingerprint density at radius 2 is 1.61 bits per heavy atom. The van der Waals surface area contributed by atoms with Crippen LogP contribution in [0.2, 0.25) is 5.02 Å². The highest BCUT2D eigenvalue weighted by Gasteiger charge is 2.37. The zero-order valence-corrected chi connectivity index (χ0v) is 23.9. The van der Waals surface area contributed by atoms with E-state index in [4.69, 9.17) is 11.6 Å². The average molecular weight is 614 g/mol. The molecule has 1 N–H and O–H groups in total. The number of alkyl halides is 3. The molecule has 2 amide bonds. The summed E-state index contributed by atoms with van der Waals surface area (Å²) in [5.74, 6) is -1.94. The first-order chi connectivity index (χ1) is 19.2. The van der Waals surface area contributed by atoms with Gasteiger partial charge in [0.1, 0.15) is 18.4 Å². The minimum absolute atomic E-state index is 0.135. The molecule has 0 aliphatic rings. The lowest BCUT2D eigenvalue weighted by molar-refractivity contribution is -0.140. The standard InChI is InChI=1S/C28H28ClF4N3O4S/c1-4-25(27(38)34-3)35(16-19-7-9-20(30)10-8-19)26(37)17-36(41(39,40)22-12-5-18(2)6-13-22)21-11-14-24(29)23(15-21)28(31,32)33/h5-15,25H,4,16-17H2,1-3H3,(H,34,38)/t25-/m1/s1. The van der Waals surface area contributed by atoms with Crippen LogP contribution in [0.25, 0.3) is 0 Å². The summed E-state index contributed by atoms with van der Waals surface area (Å²) in [6, 6.07) is 12.2. The van der Waals surface area contributed by atoms with Crippen LogP contribution in [0, 0.1) is 12.7 Å². The average Bonchev–Trinajstić information content (AvgIpc) is 2.92. The van der Waals surface area contributed by atoms with Crippen LogP contribution in [0.4, 0.5) is 23.2 Å². The monoisotopic (exact) mass is 613 g/mol. The van der Waals surface area contributed by atoms with E-state index in [-0.39, 0.29) is 17.9 Å². The summed E-state index contributed by atoms with van der Waals surface area (Å²) in [5.41, 5.74) is -0.557. The molecule has 0 heterocycles. The number of likely N-dealkylation sites (N-methyl/N-ethyl adjacent to an activating group) is 1. The number of nitrogens with one attached hydrogen (secondary N) is 1. The number of carbonyl (C=O) groups is 2. The molecular weight excluding hydrogens is 586 g/mol. The van der Waals surface area contributed by atoms with E-state index in [0.29, 0.717) is 15.9 Å². The molecule has 0 fully saturated rings. The van der Waals surface area contributed by atoms with E-state index in [0.717, 1.165) is 22.6 Å². The van der Waals surface area contributed by atoms with Crippen molar-refractivity contribution in [1.82, 2.24) is 10.2 Å². The molecule has 7 nitrogen and oxygen atoms in total. The van der Waals surface area contributed by atoms with Gasteiger partial charge in [0.15, 0.2) is 0 Å². The minimum atomic E-state index is -4.91. The first kappa shape index (κ1) is 31.9. The van der Waals surface area contributed by atoms with Crippen molar-refractivity contribution in [2.24, 2.45) is 0 Å². The Morgan fingerprint density at radius 1 is 1.00 bits per heavy atom. The summed E-state index contributed by atoms with van der Waals surface area (Å²) >= 11 is 5.77. The van der Waals surface area contributed by atoms with E-state index in [1.807, 2.05) is 0 Å². The number of hydrogen-bond donors (Lipinski definition) is 1. The number of nitrogens with zero attached hydrogens (tertiary/aromatic N) is 2. The number of halogens is 5. The van der Waals surface area contributed by atoms with Crippen LogP contribution in [-0.4, -0.2) is 44.8 Å². The molecule has 220 valence electrons. The number of rotatable bonds is 10. The number of benzene rings is 3. The summed E-state index contributed by atoms with van der Waals surface area (Å²) in [5, 5.41) is 1.81. The summed E-state index contributed by atoms with van der Waals surface area (Å²) < 4.78 is 82.7. The molecule has 0 aliphatic heterocycles. The van der Waals surface area contributed by atoms with Crippen molar-refractivity contribution in [3.05, 3.63) is 94.3 Å². The quantitative estimate of drug-likeness (QED) is 0.304. The van der Waals surface area contributed by atoms with Crippen molar-refractivity contribution >= 4 is 39.1 Å². The van der Waals surface area contributed by atoms with E-state index in [2.05, 4.69) is 5.32 Å². The van der Waals surface area contributed by atoms with E-state index < -0.39 is 62.7 Å². The zero-order valence-electron chi connectivity index (χ0n) is 22.4. The second-order valence-electron chi connectivity index (χ2n) is 9.17. The maximum atomic E-state index is 13.8. The van der Waals surface area contributed by atoms with Crippen molar-refractivity contribution in [1.29, 1.82) is 0 Å². The first-order valence-electron chi connectivity index (χ1n) is 12.4. The Morgan fingerprint density at radius 3 is 2.15 bits per heavy atom. The van der Waals surface area contributed by atoms with Gasteiger partial charge in [0.05, 0.1) is 21.2 Å². The smallest absolute Gasteiger partial charge is 0.357 e. The molecule has 3 aromatic carbocycles. The van der Waals surface area contributed by atoms with Crippen molar-refractivity contribution in [2.45, 2.75) is 43.9 Å². The molecule has 0 aromatic heterocycles. The van der Waals surface area contributed by atoms with Gasteiger partial charge in [-0.2, -0.15) is 13.2 Å². The molecule has 0 aliphatic carbocycles. The molecule has 3 aromatic rings. The second-order valence-corrected chi connectivity index (χ2v) is 11.4. The fourth-order valence-electron chi connectivity index (χ4n) is 4.12. The topological polar surface area (TPSA) is 86.8 Å². The zero-order chi connectivity index (χ0) is 30.5. The number of anilines is 1. The normalized spacial score (nSPS) is 12.5. The van der Waals surface area contributed by atoms with Gasteiger partial charge >= 0.3 is 6.18 Å². The Bertz CT molecular complexity index is 1500. The van der Waals surface area contributed by atoms with Crippen molar-refractivity contribution in [3.63, 3.8) is 0 Å². The van der Waals surface area contributed by atoms with Crippen LogP contribution in [-0.2, 0) is 32.3 Å². The van der Waals surface area contributed by atoms with Crippen LogP contribution in [0.3, 0.4) is 0 Å². The summed E-state index contributed by atoms with van der Waals surface area (Å²) in [6.07, 6.45) is -4.77. The van der Waals surface area contributed by atoms with E-state index in [9.17, 15) is 35.6 Å². The SMILES string of the molecule is CC[C@H](C(=O)NC)N(Cc1ccc(F)cc1)C(=O)CN(c1ccc(Cl)c(C(F)(F)F)c1)S(=O)(=O)c1ccc(C)cc1. The van der Waals surface area contributed by atoms with Crippen LogP contribution in [0.15, 0.2) is 71.6 Å². The third kappa shape index (κ3) is 7.56. The van der Waals surface area contributed by atoms with E-state index in [1.54, 1.807) is 13.8 Å². The van der Waals surface area contributed by atoms with Gasteiger partial charge in [-0.25, -0.2) is 12.8 Å². The molecule has 3 rings (SSSR count). The molecule has 0 saturated carbocycles. The fraction of sp³-hybridized carbons (Fsp3) is 0.286. The van der Waals surface area contributed by atoms with Crippen molar-refractivity contribution in [2.75, 3.05) is 17.9 Å². The van der Waals surface area contributed by atoms with Gasteiger partial charge in [0.25, 0.3) is 10.0 Å². The molecule has 0 spiro atoms. The lowest BCUT2D eigenvalue weighted by Gasteiger charge is -2.33. The van der Waals surface area contributed by atoms with Crippen LogP contribution in [0.5, 0.6) is 0 Å². The maximum absolute atomic E-state index is 13.8. The number of carbonyl (C=O) groups excluding carboxylic acids is 2. The third-order valence-electron chi connectivity index (χ3n) is 6.33. The van der Waals surface area contributed by atoms with Crippen LogP contribution < -0.4 is 9.62 Å². The van der Waals surface area contributed by atoms with Crippen LogP contribution in [0.1, 0.15) is 30.0 Å². The minimum Gasteiger partial charge on any atom is -0.357 e. The molecule has 0 radical (unpaired) electrons. The number of hydrogen-bond acceptors (Lipinski definition) is 4. The predicted molar refractivity (Wildman–Crippen MR) is 147 cm³/mol. The van der Waals surface area contributed by atoms with Crippen molar-refractivity contribution < 1.29 is 35.6 Å². The molecule has 0 saturated heterocycles. The van der Waals surface area contributed by atoms with E-state index in [1.165, 1.54) is 55.6 Å². The van der Waals surface area contributed by atoms with Gasteiger partial charge < -0.3 is 10.2 Å². The number of aryl methyl sites for hydroxylation is 1. The first-order valence-corrected chi connectivity index (χ1v) is 14.2. The Hall–Kier alpha value is -3.64. The van der Waals surface area contributed by atoms with Gasteiger partial charge in [0.2, 0.25) is 11.8 Å². The van der Waals surface area contributed by atoms with Gasteiger partial charge in [-0.3, -0.25) is 13.9 Å². The second kappa shape index (κ2) is 12.9. The molecule has 1 atom stereocenters. The summed E-state index contributed by atoms with van der Waals surface area (Å²) in [6.45, 7) is 2.23. The fourth-order valence-corrected chi connectivity index (χ4v) is 5.76. The highest BCUT2D eigenvalue weighted by molar-refractivity contribution is 7.92. The Kier molecular flexibility index (Phi) is 10.0. The van der Waals surface area contributed by atoms with Crippen LogP contribution >= 0.6 is 11.6 Å². The number of amides is 2. The van der Waals surface area contributed by atoms with Crippen molar-refractivity contribution in [3.8, 4) is 0 Å². The molecule has 0 bridgehead atoms. The largest absolute Gasteiger partial charge is 0.417 e. The lowest BCUT2D eigenvalue weighted by atomic mass is 10.1. The lowest BCUT2D eigenvalue weighted by Crippen LogP contribution is -2.51. The predicted octanol–water partition coefficient (Wildman–Crippen LogP) is 5.56. The summed E-state index contributed by atoms with van der Waals surface area (Å²) in [4.78, 5) is 27.4. The van der Waals surface area contributed by atoms with E-state index >= 15 is 0 Å². The molecule has 41 heavy (non-hydrogen) atoms. The van der Waals surface area contributed by atoms with Gasteiger partial charge in [0, 0.05) is 13.6 Å². The van der Waals surface area contributed by atoms with Gasteiger partial charge in [-0.05, 0) is 61.4 Å². The molecule has 13 heteroatoms. The molecule has 0 unspecified atom stereocenters. The third-order valence-corrected chi connectivity index (χ3v) is 8.45. The highest BCUT2D eigenvalue weighted by atomic mass is 35.5. The van der Waals surface area contributed by atoms with Gasteiger partial charge in [-0.15, -0.1) is 0 Å². The Balaban J connectivity index is 2.14. The highest BCUT2D eigenvalue weighted by Crippen LogP contribution is 2.38. The number of sulfonamides is 1. The Labute approximate surface area is 240 Å². The maximum Gasteiger partial charge on any atom is 0.417 e.